The number of hydrogen-bond donors (Lipinski definition) is 1. The number of hydrogen-bond acceptors (Lipinski definition) is 5. The van der Waals surface area contributed by atoms with E-state index in [1.54, 1.807) is 19.2 Å². The maximum absolute atomic E-state index is 13.6. The second kappa shape index (κ2) is 9.64. The van der Waals surface area contributed by atoms with Crippen LogP contribution in [0.15, 0.2) is 77.7 Å². The number of nitrogens with one attached hydrogen (secondary N) is 1. The van der Waals surface area contributed by atoms with Gasteiger partial charge >= 0.3 is 0 Å². The Morgan fingerprint density at radius 3 is 2.30 bits per heavy atom. The maximum atomic E-state index is 13.6. The molecule has 8 heteroatoms. The van der Waals surface area contributed by atoms with Crippen LogP contribution in [0.1, 0.15) is 16.7 Å². The van der Waals surface area contributed by atoms with E-state index in [1.165, 1.54) is 23.5 Å². The van der Waals surface area contributed by atoms with Crippen LogP contribution in [-0.4, -0.2) is 38.9 Å². The minimum atomic E-state index is -3.93. The lowest BCUT2D eigenvalue weighted by Gasteiger charge is -2.35. The van der Waals surface area contributed by atoms with Gasteiger partial charge in [-0.15, -0.1) is 0 Å². The van der Waals surface area contributed by atoms with Crippen LogP contribution in [0, 0.1) is 0 Å². The summed E-state index contributed by atoms with van der Waals surface area (Å²) in [6.45, 7) is 0.356. The molecule has 1 aliphatic heterocycles. The summed E-state index contributed by atoms with van der Waals surface area (Å²) in [6, 6.07) is 20.3. The molecule has 1 amide bonds. The minimum Gasteiger partial charge on any atom is -0.497 e. The predicted octanol–water partition coefficient (Wildman–Crippen LogP) is 3.14. The lowest BCUT2D eigenvalue weighted by Crippen LogP contribution is -2.52. The van der Waals surface area contributed by atoms with Crippen molar-refractivity contribution in [2.24, 2.45) is 0 Å². The zero-order valence-corrected chi connectivity index (χ0v) is 19.3. The van der Waals surface area contributed by atoms with Gasteiger partial charge in [0.15, 0.2) is 0 Å². The number of amides is 1. The highest BCUT2D eigenvalue weighted by molar-refractivity contribution is 7.89. The SMILES string of the molecule is COc1ccc(S(=O)(=O)N2Cc3ccccc3C[C@H]2C(=O)NCc2ccccc2OC)cc1. The van der Waals surface area contributed by atoms with Crippen LogP contribution in [0.2, 0.25) is 0 Å². The molecule has 3 aromatic carbocycles. The van der Waals surface area contributed by atoms with Crippen molar-refractivity contribution in [1.82, 2.24) is 9.62 Å². The third kappa shape index (κ3) is 4.72. The van der Waals surface area contributed by atoms with Crippen molar-refractivity contribution in [3.63, 3.8) is 0 Å². The highest BCUT2D eigenvalue weighted by Crippen LogP contribution is 2.30. The Balaban J connectivity index is 1.63. The first kappa shape index (κ1) is 22.8. The average Bonchev–Trinajstić information content (AvgIpc) is 2.86. The Morgan fingerprint density at radius 1 is 0.939 bits per heavy atom. The summed E-state index contributed by atoms with van der Waals surface area (Å²) in [5.41, 5.74) is 2.67. The number of rotatable bonds is 7. The van der Waals surface area contributed by atoms with Crippen LogP contribution in [-0.2, 0) is 34.3 Å². The number of nitrogens with zero attached hydrogens (tertiary/aromatic N) is 1. The molecule has 1 aliphatic rings. The number of carbonyl (C=O) groups is 1. The first-order valence-corrected chi connectivity index (χ1v) is 12.0. The second-order valence-corrected chi connectivity index (χ2v) is 9.63. The van der Waals surface area contributed by atoms with Crippen LogP contribution in [0.25, 0.3) is 0 Å². The Hall–Kier alpha value is -3.36. The van der Waals surface area contributed by atoms with Crippen LogP contribution in [0.3, 0.4) is 0 Å². The van der Waals surface area contributed by atoms with E-state index < -0.39 is 16.1 Å². The van der Waals surface area contributed by atoms with Crippen molar-refractivity contribution >= 4 is 15.9 Å². The van der Waals surface area contributed by atoms with Crippen molar-refractivity contribution < 1.29 is 22.7 Å². The predicted molar refractivity (Wildman–Crippen MR) is 124 cm³/mol. The lowest BCUT2D eigenvalue weighted by atomic mass is 9.95. The zero-order chi connectivity index (χ0) is 23.4. The molecule has 0 fully saturated rings. The van der Waals surface area contributed by atoms with E-state index in [0.717, 1.165) is 16.7 Å². The summed E-state index contributed by atoms with van der Waals surface area (Å²) in [5, 5.41) is 2.90. The standard InChI is InChI=1S/C25H26N2O5S/c1-31-21-11-13-22(14-12-21)33(29,30)27-17-20-9-4-3-7-18(20)15-23(27)25(28)26-16-19-8-5-6-10-24(19)32-2/h3-14,23H,15-17H2,1-2H3,(H,26,28)/t23-/m0/s1. The van der Waals surface area contributed by atoms with Gasteiger partial charge in [-0.1, -0.05) is 42.5 Å². The number of para-hydroxylation sites is 1. The molecule has 0 bridgehead atoms. The van der Waals surface area contributed by atoms with Crippen molar-refractivity contribution in [2.45, 2.75) is 30.4 Å². The van der Waals surface area contributed by atoms with Crippen LogP contribution in [0.5, 0.6) is 11.5 Å². The fourth-order valence-corrected chi connectivity index (χ4v) is 5.57. The molecule has 0 radical (unpaired) electrons. The smallest absolute Gasteiger partial charge is 0.244 e. The van der Waals surface area contributed by atoms with Crippen molar-refractivity contribution in [3.8, 4) is 11.5 Å². The zero-order valence-electron chi connectivity index (χ0n) is 18.5. The second-order valence-electron chi connectivity index (χ2n) is 7.74. The third-order valence-corrected chi connectivity index (χ3v) is 7.69. The van der Waals surface area contributed by atoms with Crippen LogP contribution in [0.4, 0.5) is 0 Å². The minimum absolute atomic E-state index is 0.116. The summed E-state index contributed by atoms with van der Waals surface area (Å²) in [4.78, 5) is 13.4. The molecule has 0 aromatic heterocycles. The summed E-state index contributed by atoms with van der Waals surface area (Å²) in [5.74, 6) is 0.867. The maximum Gasteiger partial charge on any atom is 0.244 e. The molecule has 4 rings (SSSR count). The molecule has 1 atom stereocenters. The largest absolute Gasteiger partial charge is 0.497 e. The van der Waals surface area contributed by atoms with Gasteiger partial charge in [0.1, 0.15) is 17.5 Å². The van der Waals surface area contributed by atoms with Gasteiger partial charge in [-0.3, -0.25) is 4.79 Å². The molecule has 0 saturated heterocycles. The molecular formula is C25H26N2O5S. The summed E-state index contributed by atoms with van der Waals surface area (Å²) in [6.07, 6.45) is 0.295. The van der Waals surface area contributed by atoms with Gasteiger partial charge in [0.2, 0.25) is 15.9 Å². The van der Waals surface area contributed by atoms with Gasteiger partial charge in [-0.2, -0.15) is 4.31 Å². The first-order valence-electron chi connectivity index (χ1n) is 10.6. The van der Waals surface area contributed by atoms with E-state index in [4.69, 9.17) is 9.47 Å². The molecule has 172 valence electrons. The Kier molecular flexibility index (Phi) is 6.67. The third-order valence-electron chi connectivity index (χ3n) is 5.82. The summed E-state index contributed by atoms with van der Waals surface area (Å²) in [7, 11) is -0.835. The molecule has 7 nitrogen and oxygen atoms in total. The molecule has 33 heavy (non-hydrogen) atoms. The molecule has 3 aromatic rings. The van der Waals surface area contributed by atoms with E-state index in [9.17, 15) is 13.2 Å². The van der Waals surface area contributed by atoms with Crippen LogP contribution < -0.4 is 14.8 Å². The van der Waals surface area contributed by atoms with Gasteiger partial charge in [0.25, 0.3) is 0 Å². The number of benzene rings is 3. The highest BCUT2D eigenvalue weighted by Gasteiger charge is 2.39. The fourth-order valence-electron chi connectivity index (χ4n) is 4.01. The highest BCUT2D eigenvalue weighted by atomic mass is 32.2. The Labute approximate surface area is 194 Å². The lowest BCUT2D eigenvalue weighted by molar-refractivity contribution is -0.125. The van der Waals surface area contributed by atoms with Gasteiger partial charge < -0.3 is 14.8 Å². The Bertz CT molecular complexity index is 1240. The number of fused-ring (bicyclic) bond motifs is 1. The molecule has 0 unspecified atom stereocenters. The molecular weight excluding hydrogens is 440 g/mol. The monoisotopic (exact) mass is 466 g/mol. The van der Waals surface area contributed by atoms with E-state index in [0.29, 0.717) is 17.9 Å². The summed E-state index contributed by atoms with van der Waals surface area (Å²) < 4.78 is 38.9. The van der Waals surface area contributed by atoms with E-state index in [-0.39, 0.29) is 23.9 Å². The number of carbonyl (C=O) groups excluding carboxylic acids is 1. The van der Waals surface area contributed by atoms with Gasteiger partial charge in [-0.05, 0) is 47.9 Å². The molecule has 1 heterocycles. The molecule has 0 aliphatic carbocycles. The van der Waals surface area contributed by atoms with Gasteiger partial charge in [0.05, 0.1) is 19.1 Å². The fraction of sp³-hybridized carbons (Fsp3) is 0.240. The van der Waals surface area contributed by atoms with Gasteiger partial charge in [0, 0.05) is 18.7 Å². The molecule has 0 saturated carbocycles. The molecule has 1 N–H and O–H groups in total. The van der Waals surface area contributed by atoms with Crippen molar-refractivity contribution in [3.05, 3.63) is 89.5 Å². The Morgan fingerprint density at radius 2 is 1.61 bits per heavy atom. The average molecular weight is 467 g/mol. The quantitative estimate of drug-likeness (QED) is 0.578. The van der Waals surface area contributed by atoms with Crippen LogP contribution >= 0.6 is 0 Å². The van der Waals surface area contributed by atoms with Crippen molar-refractivity contribution in [2.75, 3.05) is 14.2 Å². The van der Waals surface area contributed by atoms with E-state index in [1.807, 2.05) is 48.5 Å². The first-order chi connectivity index (χ1) is 15.9. The summed E-state index contributed by atoms with van der Waals surface area (Å²) >= 11 is 0. The van der Waals surface area contributed by atoms with Crippen molar-refractivity contribution in [1.29, 1.82) is 0 Å². The topological polar surface area (TPSA) is 84.9 Å². The van der Waals surface area contributed by atoms with Gasteiger partial charge in [-0.25, -0.2) is 8.42 Å². The number of methoxy groups -OCH3 is 2. The number of ether oxygens (including phenoxy) is 2. The van der Waals surface area contributed by atoms with E-state index >= 15 is 0 Å². The molecule has 0 spiro atoms. The normalized spacial score (nSPS) is 16.0. The van der Waals surface area contributed by atoms with E-state index in [2.05, 4.69) is 5.32 Å². The number of sulfonamides is 1.